The van der Waals surface area contributed by atoms with Crippen molar-refractivity contribution in [2.45, 2.75) is 31.5 Å². The highest BCUT2D eigenvalue weighted by molar-refractivity contribution is 7.99. The molecule has 1 aromatic heterocycles. The first-order valence-electron chi connectivity index (χ1n) is 6.03. The van der Waals surface area contributed by atoms with E-state index in [1.165, 1.54) is 11.8 Å². The smallest absolute Gasteiger partial charge is 0.313 e. The number of hydrogen-bond acceptors (Lipinski definition) is 4. The molecule has 5 nitrogen and oxygen atoms in total. The number of imidazole rings is 1. The molecule has 0 aliphatic carbocycles. The summed E-state index contributed by atoms with van der Waals surface area (Å²) in [6.07, 6.45) is 5.72. The Morgan fingerprint density at radius 2 is 2.33 bits per heavy atom. The van der Waals surface area contributed by atoms with Crippen LogP contribution in [0.1, 0.15) is 19.8 Å². The van der Waals surface area contributed by atoms with Gasteiger partial charge in [0.25, 0.3) is 0 Å². The van der Waals surface area contributed by atoms with Crippen LogP contribution < -0.4 is 0 Å². The third-order valence-electron chi connectivity index (χ3n) is 3.25. The van der Waals surface area contributed by atoms with E-state index in [0.29, 0.717) is 0 Å². The van der Waals surface area contributed by atoms with E-state index in [1.54, 1.807) is 6.20 Å². The Morgan fingerprint density at radius 1 is 1.61 bits per heavy atom. The van der Waals surface area contributed by atoms with Gasteiger partial charge < -0.3 is 14.4 Å². The molecule has 6 heteroatoms. The lowest BCUT2D eigenvalue weighted by molar-refractivity contribution is -0.133. The number of carboxylic acids is 1. The topological polar surface area (TPSA) is 64.4 Å². The third kappa shape index (κ3) is 3.49. The van der Waals surface area contributed by atoms with Gasteiger partial charge >= 0.3 is 5.97 Å². The number of hydrogen-bond donors (Lipinski definition) is 1. The van der Waals surface area contributed by atoms with Crippen LogP contribution in [0.3, 0.4) is 0 Å². The van der Waals surface area contributed by atoms with Gasteiger partial charge in [-0.15, -0.1) is 0 Å². The summed E-state index contributed by atoms with van der Waals surface area (Å²) < 4.78 is 7.44. The van der Waals surface area contributed by atoms with Crippen molar-refractivity contribution in [1.29, 1.82) is 0 Å². The quantitative estimate of drug-likeness (QED) is 0.828. The van der Waals surface area contributed by atoms with Crippen LogP contribution in [0.5, 0.6) is 0 Å². The van der Waals surface area contributed by atoms with Crippen molar-refractivity contribution < 1.29 is 14.6 Å². The lowest BCUT2D eigenvalue weighted by Crippen LogP contribution is -2.31. The summed E-state index contributed by atoms with van der Waals surface area (Å²) in [5, 5.41) is 9.48. The van der Waals surface area contributed by atoms with Crippen molar-refractivity contribution >= 4 is 17.7 Å². The maximum absolute atomic E-state index is 10.6. The first-order valence-corrected chi connectivity index (χ1v) is 7.01. The molecule has 0 saturated carbocycles. The summed E-state index contributed by atoms with van der Waals surface area (Å²) in [5.41, 5.74) is 0.220. The van der Waals surface area contributed by atoms with E-state index in [9.17, 15) is 4.79 Å². The largest absolute Gasteiger partial charge is 0.481 e. The molecule has 1 N–H and O–H groups in total. The van der Waals surface area contributed by atoms with Crippen LogP contribution in [-0.4, -0.2) is 39.6 Å². The zero-order valence-electron chi connectivity index (χ0n) is 10.5. The molecule has 0 unspecified atom stereocenters. The normalized spacial score (nSPS) is 18.7. The SMILES string of the molecule is CC1(Cn2ccnc2SCC(=O)O)CCOCC1. The van der Waals surface area contributed by atoms with Crippen LogP contribution in [-0.2, 0) is 16.1 Å². The second kappa shape index (κ2) is 5.75. The van der Waals surface area contributed by atoms with Gasteiger partial charge in [-0.1, -0.05) is 18.7 Å². The molecular formula is C12H18N2O3S. The highest BCUT2D eigenvalue weighted by atomic mass is 32.2. The van der Waals surface area contributed by atoms with Gasteiger partial charge in [0.15, 0.2) is 5.16 Å². The van der Waals surface area contributed by atoms with Crippen molar-refractivity contribution in [3.63, 3.8) is 0 Å². The molecular weight excluding hydrogens is 252 g/mol. The summed E-state index contributed by atoms with van der Waals surface area (Å²) in [6, 6.07) is 0. The molecule has 0 bridgehead atoms. The molecule has 1 aromatic rings. The van der Waals surface area contributed by atoms with Crippen molar-refractivity contribution in [2.75, 3.05) is 19.0 Å². The van der Waals surface area contributed by atoms with Crippen LogP contribution in [0, 0.1) is 5.41 Å². The summed E-state index contributed by atoms with van der Waals surface area (Å²) in [6.45, 7) is 4.74. The number of thioether (sulfide) groups is 1. The predicted molar refractivity (Wildman–Crippen MR) is 68.7 cm³/mol. The van der Waals surface area contributed by atoms with E-state index < -0.39 is 5.97 Å². The van der Waals surface area contributed by atoms with Crippen LogP contribution in [0.4, 0.5) is 0 Å². The first kappa shape index (κ1) is 13.4. The van der Waals surface area contributed by atoms with Crippen LogP contribution >= 0.6 is 11.8 Å². The number of rotatable bonds is 5. The molecule has 1 aliphatic rings. The Balaban J connectivity index is 2.00. The fourth-order valence-corrected chi connectivity index (χ4v) is 2.80. The molecule has 0 amide bonds. The maximum atomic E-state index is 10.6. The minimum Gasteiger partial charge on any atom is -0.481 e. The fourth-order valence-electron chi connectivity index (χ4n) is 2.12. The molecule has 0 aromatic carbocycles. The highest BCUT2D eigenvalue weighted by Gasteiger charge is 2.28. The maximum Gasteiger partial charge on any atom is 0.313 e. The summed E-state index contributed by atoms with van der Waals surface area (Å²) >= 11 is 1.27. The van der Waals surface area contributed by atoms with Crippen molar-refractivity contribution in [3.8, 4) is 0 Å². The molecule has 1 saturated heterocycles. The third-order valence-corrected chi connectivity index (χ3v) is 4.24. The molecule has 1 aliphatic heterocycles. The van der Waals surface area contributed by atoms with Gasteiger partial charge in [-0.3, -0.25) is 4.79 Å². The van der Waals surface area contributed by atoms with E-state index in [2.05, 4.69) is 16.5 Å². The van der Waals surface area contributed by atoms with Gasteiger partial charge in [-0.25, -0.2) is 4.98 Å². The van der Waals surface area contributed by atoms with Crippen molar-refractivity contribution in [3.05, 3.63) is 12.4 Å². The van der Waals surface area contributed by atoms with Crippen LogP contribution in [0.2, 0.25) is 0 Å². The minimum absolute atomic E-state index is 0.0524. The number of nitrogens with zero attached hydrogens (tertiary/aromatic N) is 2. The Morgan fingerprint density at radius 3 is 3.00 bits per heavy atom. The second-order valence-corrected chi connectivity index (χ2v) is 5.89. The second-order valence-electron chi connectivity index (χ2n) is 4.94. The zero-order valence-corrected chi connectivity index (χ0v) is 11.3. The van der Waals surface area contributed by atoms with E-state index in [0.717, 1.165) is 37.8 Å². The van der Waals surface area contributed by atoms with Gasteiger partial charge in [0.2, 0.25) is 0 Å². The zero-order chi connectivity index (χ0) is 13.0. The molecule has 2 heterocycles. The summed E-state index contributed by atoms with van der Waals surface area (Å²) in [5.74, 6) is -0.761. The molecule has 0 radical (unpaired) electrons. The van der Waals surface area contributed by atoms with Gasteiger partial charge in [0, 0.05) is 32.2 Å². The van der Waals surface area contributed by atoms with Gasteiger partial charge in [-0.05, 0) is 18.3 Å². The fraction of sp³-hybridized carbons (Fsp3) is 0.667. The molecule has 18 heavy (non-hydrogen) atoms. The van der Waals surface area contributed by atoms with Crippen molar-refractivity contribution in [1.82, 2.24) is 9.55 Å². The van der Waals surface area contributed by atoms with E-state index in [1.807, 2.05) is 6.20 Å². The molecule has 2 rings (SSSR count). The standard InChI is InChI=1S/C12H18N2O3S/c1-12(2-6-17-7-3-12)9-14-5-4-13-11(14)18-8-10(15)16/h4-5H,2-3,6-9H2,1H3,(H,15,16). The predicted octanol–water partition coefficient (Wildman–Crippen LogP) is 1.88. The Labute approximate surface area is 111 Å². The van der Waals surface area contributed by atoms with Gasteiger partial charge in [-0.2, -0.15) is 0 Å². The lowest BCUT2D eigenvalue weighted by atomic mass is 9.82. The van der Waals surface area contributed by atoms with E-state index >= 15 is 0 Å². The summed E-state index contributed by atoms with van der Waals surface area (Å²) in [4.78, 5) is 14.8. The molecule has 0 spiro atoms. The Bertz CT molecular complexity index is 413. The van der Waals surface area contributed by atoms with Crippen molar-refractivity contribution in [2.24, 2.45) is 5.41 Å². The van der Waals surface area contributed by atoms with Crippen LogP contribution in [0.25, 0.3) is 0 Å². The van der Waals surface area contributed by atoms with Gasteiger partial charge in [0.05, 0.1) is 5.75 Å². The van der Waals surface area contributed by atoms with Gasteiger partial charge in [0.1, 0.15) is 0 Å². The first-order chi connectivity index (χ1) is 8.59. The molecule has 100 valence electrons. The van der Waals surface area contributed by atoms with E-state index in [-0.39, 0.29) is 11.2 Å². The number of ether oxygens (including phenoxy) is 1. The number of carboxylic acid groups (broad SMARTS) is 1. The van der Waals surface area contributed by atoms with Crippen LogP contribution in [0.15, 0.2) is 17.6 Å². The average Bonchev–Trinajstić information content (AvgIpc) is 2.74. The highest BCUT2D eigenvalue weighted by Crippen LogP contribution is 2.32. The monoisotopic (exact) mass is 270 g/mol. The number of aliphatic carboxylic acids is 1. The van der Waals surface area contributed by atoms with E-state index in [4.69, 9.17) is 9.84 Å². The molecule has 0 atom stereocenters. The number of carbonyl (C=O) groups is 1. The summed E-state index contributed by atoms with van der Waals surface area (Å²) in [7, 11) is 0. The Hall–Kier alpha value is -1.01. The lowest BCUT2D eigenvalue weighted by Gasteiger charge is -2.34. The minimum atomic E-state index is -0.813. The molecule has 1 fully saturated rings. The number of aromatic nitrogens is 2. The Kier molecular flexibility index (Phi) is 4.29. The average molecular weight is 270 g/mol.